The van der Waals surface area contributed by atoms with Crippen molar-refractivity contribution in [3.63, 3.8) is 0 Å². The van der Waals surface area contributed by atoms with Crippen LogP contribution in [-0.2, 0) is 65.4 Å². The number of phosphoric ester groups is 2. The van der Waals surface area contributed by atoms with Gasteiger partial charge in [0.1, 0.15) is 19.3 Å². The summed E-state index contributed by atoms with van der Waals surface area (Å²) in [6, 6.07) is 0. The first-order valence-electron chi connectivity index (χ1n) is 40.8. The second kappa shape index (κ2) is 69.4. The summed E-state index contributed by atoms with van der Waals surface area (Å²) in [5, 5.41) is 10.6. The monoisotopic (exact) mass is 1440 g/mol. The number of hydrogen-bond donors (Lipinski definition) is 3. The summed E-state index contributed by atoms with van der Waals surface area (Å²) in [5.74, 6) is 0.139. The molecule has 582 valence electrons. The molecule has 0 aromatic carbocycles. The van der Waals surface area contributed by atoms with E-state index in [0.29, 0.717) is 31.6 Å². The van der Waals surface area contributed by atoms with E-state index in [-0.39, 0.29) is 25.7 Å². The minimum Gasteiger partial charge on any atom is -0.462 e. The van der Waals surface area contributed by atoms with Crippen LogP contribution in [0.25, 0.3) is 0 Å². The molecule has 0 heterocycles. The molecule has 0 saturated heterocycles. The first kappa shape index (κ1) is 96.1. The van der Waals surface area contributed by atoms with Gasteiger partial charge in [0.15, 0.2) is 12.2 Å². The van der Waals surface area contributed by atoms with E-state index in [2.05, 4.69) is 48.5 Å². The second-order valence-electron chi connectivity index (χ2n) is 29.9. The van der Waals surface area contributed by atoms with Gasteiger partial charge in [-0.2, -0.15) is 0 Å². The Balaban J connectivity index is 5.23. The van der Waals surface area contributed by atoms with Gasteiger partial charge in [-0.05, 0) is 43.4 Å². The lowest BCUT2D eigenvalue weighted by Gasteiger charge is -2.21. The van der Waals surface area contributed by atoms with Gasteiger partial charge < -0.3 is 33.8 Å². The van der Waals surface area contributed by atoms with Crippen molar-refractivity contribution >= 4 is 39.5 Å². The number of ether oxygens (including phenoxy) is 4. The van der Waals surface area contributed by atoms with Crippen LogP contribution in [0.3, 0.4) is 0 Å². The maximum atomic E-state index is 13.1. The highest BCUT2D eigenvalue weighted by Gasteiger charge is 2.30. The summed E-state index contributed by atoms with van der Waals surface area (Å²) >= 11 is 0. The molecule has 0 bridgehead atoms. The number of rotatable bonds is 77. The summed E-state index contributed by atoms with van der Waals surface area (Å²) in [5.41, 5.74) is 0. The Bertz CT molecular complexity index is 1900. The number of unbranched alkanes of at least 4 members (excludes halogenated alkanes) is 45. The molecule has 0 aromatic heterocycles. The van der Waals surface area contributed by atoms with Crippen LogP contribution in [-0.4, -0.2) is 96.7 Å². The molecule has 17 nitrogen and oxygen atoms in total. The summed E-state index contributed by atoms with van der Waals surface area (Å²) < 4.78 is 68.6. The number of aliphatic hydroxyl groups excluding tert-OH is 1. The summed E-state index contributed by atoms with van der Waals surface area (Å²) in [6.45, 7) is 11.9. The fourth-order valence-electron chi connectivity index (χ4n) is 12.1. The number of phosphoric acid groups is 2. The Morgan fingerprint density at radius 2 is 0.469 bits per heavy atom. The Morgan fingerprint density at radius 1 is 0.276 bits per heavy atom. The van der Waals surface area contributed by atoms with E-state index >= 15 is 0 Å². The van der Waals surface area contributed by atoms with Gasteiger partial charge in [-0.15, -0.1) is 0 Å². The third-order valence-corrected chi connectivity index (χ3v) is 20.3. The van der Waals surface area contributed by atoms with E-state index < -0.39 is 97.5 Å². The van der Waals surface area contributed by atoms with Gasteiger partial charge in [-0.1, -0.05) is 357 Å². The molecular formula is C79H154O17P2. The average molecular weight is 1440 g/mol. The first-order valence-corrected chi connectivity index (χ1v) is 43.8. The Hall–Kier alpha value is -1.94. The molecule has 0 saturated carbocycles. The molecular weight excluding hydrogens is 1280 g/mol. The molecule has 98 heavy (non-hydrogen) atoms. The first-order chi connectivity index (χ1) is 47.2. The maximum Gasteiger partial charge on any atom is 0.472 e. The van der Waals surface area contributed by atoms with Crippen LogP contribution in [0.15, 0.2) is 0 Å². The van der Waals surface area contributed by atoms with Gasteiger partial charge in [-0.3, -0.25) is 37.3 Å². The Labute approximate surface area is 600 Å². The van der Waals surface area contributed by atoms with Crippen molar-refractivity contribution in [2.45, 2.75) is 426 Å². The van der Waals surface area contributed by atoms with E-state index in [4.69, 9.17) is 37.0 Å². The molecule has 0 aliphatic heterocycles. The third-order valence-electron chi connectivity index (χ3n) is 18.4. The SMILES string of the molecule is CCCCCCCCCCCCCCCCCCC(=O)OC[C@H](COP(=O)(O)OC[C@@H](O)COP(=O)(O)OC[C@@H](COC(=O)CCCCCCCCC(C)C)OC(=O)CCCCCCCCCCCCCC(C)C)OC(=O)CCCCCCCCCCCCCCCCCCC(C)C. The maximum absolute atomic E-state index is 13.1. The molecule has 5 atom stereocenters. The lowest BCUT2D eigenvalue weighted by molar-refractivity contribution is -0.161. The molecule has 0 rings (SSSR count). The van der Waals surface area contributed by atoms with Crippen molar-refractivity contribution in [2.24, 2.45) is 17.8 Å². The highest BCUT2D eigenvalue weighted by Crippen LogP contribution is 2.45. The number of carbonyl (C=O) groups is 4. The van der Waals surface area contributed by atoms with E-state index in [9.17, 15) is 43.2 Å². The zero-order valence-corrected chi connectivity index (χ0v) is 66.0. The summed E-state index contributed by atoms with van der Waals surface area (Å²) in [7, 11) is -9.92. The zero-order chi connectivity index (χ0) is 72.3. The third kappa shape index (κ3) is 72.4. The molecule has 0 aliphatic rings. The second-order valence-corrected chi connectivity index (χ2v) is 32.8. The highest BCUT2D eigenvalue weighted by molar-refractivity contribution is 7.47. The van der Waals surface area contributed by atoms with Crippen LogP contribution in [0.5, 0.6) is 0 Å². The van der Waals surface area contributed by atoms with Gasteiger partial charge >= 0.3 is 39.5 Å². The zero-order valence-electron chi connectivity index (χ0n) is 64.3. The quantitative estimate of drug-likeness (QED) is 0.0222. The smallest absolute Gasteiger partial charge is 0.462 e. The lowest BCUT2D eigenvalue weighted by Crippen LogP contribution is -2.30. The van der Waals surface area contributed by atoms with Crippen molar-refractivity contribution < 1.29 is 80.2 Å². The largest absolute Gasteiger partial charge is 0.472 e. The van der Waals surface area contributed by atoms with Crippen molar-refractivity contribution in [1.82, 2.24) is 0 Å². The normalized spacial score (nSPS) is 14.0. The highest BCUT2D eigenvalue weighted by atomic mass is 31.2. The number of carbonyl (C=O) groups excluding carboxylic acids is 4. The van der Waals surface area contributed by atoms with Crippen molar-refractivity contribution in [3.8, 4) is 0 Å². The van der Waals surface area contributed by atoms with E-state index in [0.717, 1.165) is 108 Å². The van der Waals surface area contributed by atoms with Crippen LogP contribution < -0.4 is 0 Å². The fraction of sp³-hybridized carbons (Fsp3) is 0.949. The van der Waals surface area contributed by atoms with E-state index in [1.54, 1.807) is 0 Å². The lowest BCUT2D eigenvalue weighted by atomic mass is 10.0. The number of hydrogen-bond acceptors (Lipinski definition) is 15. The number of esters is 4. The molecule has 0 fully saturated rings. The van der Waals surface area contributed by atoms with Gasteiger partial charge in [0.25, 0.3) is 0 Å². The summed E-state index contributed by atoms with van der Waals surface area (Å²) in [6.07, 6.45) is 57.0. The van der Waals surface area contributed by atoms with Gasteiger partial charge in [-0.25, -0.2) is 9.13 Å². The van der Waals surface area contributed by atoms with Crippen LogP contribution in [0.4, 0.5) is 0 Å². The van der Waals surface area contributed by atoms with E-state index in [1.165, 1.54) is 212 Å². The predicted molar refractivity (Wildman–Crippen MR) is 400 cm³/mol. The molecule has 2 unspecified atom stereocenters. The molecule has 0 radical (unpaired) electrons. The molecule has 19 heteroatoms. The van der Waals surface area contributed by atoms with E-state index in [1.807, 2.05) is 0 Å². The van der Waals surface area contributed by atoms with Crippen LogP contribution in [0, 0.1) is 17.8 Å². The molecule has 0 amide bonds. The molecule has 3 N–H and O–H groups in total. The predicted octanol–water partition coefficient (Wildman–Crippen LogP) is 23.4. The van der Waals surface area contributed by atoms with Gasteiger partial charge in [0.05, 0.1) is 26.4 Å². The summed E-state index contributed by atoms with van der Waals surface area (Å²) in [4.78, 5) is 72.9. The average Bonchev–Trinajstić information content (AvgIpc) is 0.951. The number of aliphatic hydroxyl groups is 1. The topological polar surface area (TPSA) is 237 Å². The van der Waals surface area contributed by atoms with Crippen molar-refractivity contribution in [1.29, 1.82) is 0 Å². The van der Waals surface area contributed by atoms with Crippen LogP contribution >= 0.6 is 15.6 Å². The molecule has 0 aliphatic carbocycles. The molecule has 0 aromatic rings. The van der Waals surface area contributed by atoms with Gasteiger partial charge in [0, 0.05) is 25.7 Å². The standard InChI is InChI=1S/C79H154O17P2/c1-8-9-10-11-12-13-14-15-16-20-23-28-33-38-46-53-60-76(81)89-66-74(95-78(83)62-55-48-39-34-29-24-21-18-17-19-22-26-31-36-43-50-57-70(2)3)68-93-97(85,86)91-64-73(80)65-92-98(87,88)94-69-75(67-90-77(82)61-54-47-42-41-45-52-59-72(6)7)96-79(84)63-56-49-40-35-30-25-27-32-37-44-51-58-71(4)5/h70-75,80H,8-69H2,1-7H3,(H,85,86)(H,87,88)/t73-,74-,75-/m1/s1. The Morgan fingerprint density at radius 3 is 0.694 bits per heavy atom. The minimum atomic E-state index is -4.96. The van der Waals surface area contributed by atoms with Crippen molar-refractivity contribution in [3.05, 3.63) is 0 Å². The fourth-order valence-corrected chi connectivity index (χ4v) is 13.7. The van der Waals surface area contributed by atoms with Crippen LogP contribution in [0.1, 0.15) is 408 Å². The van der Waals surface area contributed by atoms with Gasteiger partial charge in [0.2, 0.25) is 0 Å². The van der Waals surface area contributed by atoms with Crippen LogP contribution in [0.2, 0.25) is 0 Å². The Kier molecular flexibility index (Phi) is 68.1. The molecule has 0 spiro atoms. The van der Waals surface area contributed by atoms with Crippen molar-refractivity contribution in [2.75, 3.05) is 39.6 Å². The minimum absolute atomic E-state index is 0.105.